The number of hydrogen-bond donors (Lipinski definition) is 0. The number of alkyl halides is 3. The van der Waals surface area contributed by atoms with E-state index in [1.165, 1.54) is 12.1 Å². The zero-order chi connectivity index (χ0) is 20.6. The molecule has 1 unspecified atom stereocenters. The molecule has 3 aromatic rings. The van der Waals surface area contributed by atoms with Crippen molar-refractivity contribution in [1.82, 2.24) is 15.0 Å². The highest BCUT2D eigenvalue weighted by Crippen LogP contribution is 2.35. The molecule has 2 aromatic carbocycles. The Bertz CT molecular complexity index is 1010. The number of halogens is 3. The van der Waals surface area contributed by atoms with E-state index in [0.717, 1.165) is 23.3 Å². The lowest BCUT2D eigenvalue weighted by atomic mass is 10.1. The van der Waals surface area contributed by atoms with E-state index >= 15 is 0 Å². The number of rotatable bonds is 4. The molecule has 1 amide bonds. The van der Waals surface area contributed by atoms with Crippen LogP contribution >= 0.6 is 0 Å². The van der Waals surface area contributed by atoms with Crippen LogP contribution in [-0.4, -0.2) is 20.9 Å². The highest BCUT2D eigenvalue weighted by Gasteiger charge is 2.36. The van der Waals surface area contributed by atoms with Crippen molar-refractivity contribution >= 4 is 5.91 Å². The monoisotopic (exact) mass is 401 g/mol. The minimum atomic E-state index is -4.40. The first-order chi connectivity index (χ1) is 13.8. The summed E-state index contributed by atoms with van der Waals surface area (Å²) >= 11 is 0. The molecule has 0 aliphatic carbocycles. The predicted molar refractivity (Wildman–Crippen MR) is 98.4 cm³/mol. The fraction of sp³-hybridized carbons (Fsp3) is 0.286. The van der Waals surface area contributed by atoms with Gasteiger partial charge in [-0.2, -0.15) is 18.2 Å². The van der Waals surface area contributed by atoms with Crippen LogP contribution in [0.15, 0.2) is 53.1 Å². The van der Waals surface area contributed by atoms with Crippen LogP contribution < -0.4 is 0 Å². The summed E-state index contributed by atoms with van der Waals surface area (Å²) in [6.07, 6.45) is -3.46. The SMILES string of the molecule is Cc1ccc(CN2C(=O)CCC2c2nc(-c3ccc(C(F)(F)F)cc3)no2)cc1. The molecule has 1 aliphatic rings. The smallest absolute Gasteiger partial charge is 0.337 e. The molecule has 1 fully saturated rings. The van der Waals surface area contributed by atoms with E-state index in [-0.39, 0.29) is 23.7 Å². The first kappa shape index (κ1) is 19.2. The zero-order valence-electron chi connectivity index (χ0n) is 15.6. The standard InChI is InChI=1S/C21H18F3N3O2/c1-13-2-4-14(5-3-13)12-27-17(10-11-18(27)28)20-25-19(26-29-20)15-6-8-16(9-7-15)21(22,23)24/h2-9,17H,10-12H2,1H3. The van der Waals surface area contributed by atoms with E-state index in [1.54, 1.807) is 4.90 Å². The highest BCUT2D eigenvalue weighted by molar-refractivity contribution is 5.78. The maximum absolute atomic E-state index is 12.7. The minimum absolute atomic E-state index is 0.00450. The van der Waals surface area contributed by atoms with Crippen LogP contribution in [0.3, 0.4) is 0 Å². The van der Waals surface area contributed by atoms with Gasteiger partial charge in [-0.3, -0.25) is 4.79 Å². The second-order valence-corrected chi connectivity index (χ2v) is 7.09. The van der Waals surface area contributed by atoms with Crippen molar-refractivity contribution in [2.45, 2.75) is 38.5 Å². The normalized spacial score (nSPS) is 17.2. The van der Waals surface area contributed by atoms with E-state index in [0.29, 0.717) is 24.9 Å². The molecular weight excluding hydrogens is 383 g/mol. The maximum atomic E-state index is 12.7. The average molecular weight is 401 g/mol. The second kappa shape index (κ2) is 7.35. The van der Waals surface area contributed by atoms with Crippen LogP contribution in [0.2, 0.25) is 0 Å². The fourth-order valence-corrected chi connectivity index (χ4v) is 3.37. The first-order valence-corrected chi connectivity index (χ1v) is 9.17. The number of carbonyl (C=O) groups excluding carboxylic acids is 1. The van der Waals surface area contributed by atoms with E-state index in [9.17, 15) is 18.0 Å². The van der Waals surface area contributed by atoms with E-state index in [2.05, 4.69) is 10.1 Å². The third kappa shape index (κ3) is 4.01. The molecule has 0 radical (unpaired) electrons. The third-order valence-corrected chi connectivity index (χ3v) is 5.00. The van der Waals surface area contributed by atoms with Crippen molar-refractivity contribution in [3.05, 3.63) is 71.1 Å². The van der Waals surface area contributed by atoms with Crippen molar-refractivity contribution in [2.24, 2.45) is 0 Å². The lowest BCUT2D eigenvalue weighted by Crippen LogP contribution is -2.27. The summed E-state index contributed by atoms with van der Waals surface area (Å²) in [6, 6.07) is 12.1. The topological polar surface area (TPSA) is 59.2 Å². The molecule has 0 saturated carbocycles. The molecule has 150 valence electrons. The molecule has 1 saturated heterocycles. The van der Waals surface area contributed by atoms with Gasteiger partial charge in [-0.25, -0.2) is 0 Å². The minimum Gasteiger partial charge on any atom is -0.337 e. The number of hydrogen-bond acceptors (Lipinski definition) is 4. The van der Waals surface area contributed by atoms with Gasteiger partial charge in [-0.05, 0) is 31.0 Å². The Balaban J connectivity index is 1.54. The van der Waals surface area contributed by atoms with Gasteiger partial charge in [0.2, 0.25) is 17.6 Å². The zero-order valence-corrected chi connectivity index (χ0v) is 15.6. The maximum Gasteiger partial charge on any atom is 0.416 e. The Morgan fingerprint density at radius 2 is 1.79 bits per heavy atom. The van der Waals surface area contributed by atoms with Crippen LogP contribution in [0.5, 0.6) is 0 Å². The van der Waals surface area contributed by atoms with Crippen LogP contribution in [-0.2, 0) is 17.5 Å². The summed E-state index contributed by atoms with van der Waals surface area (Å²) in [4.78, 5) is 18.4. The molecule has 1 aliphatic heterocycles. The summed E-state index contributed by atoms with van der Waals surface area (Å²) in [5, 5.41) is 3.90. The lowest BCUT2D eigenvalue weighted by Gasteiger charge is -2.22. The molecule has 1 atom stereocenters. The Morgan fingerprint density at radius 1 is 1.10 bits per heavy atom. The number of likely N-dealkylation sites (tertiary alicyclic amines) is 1. The fourth-order valence-electron chi connectivity index (χ4n) is 3.37. The Morgan fingerprint density at radius 3 is 2.45 bits per heavy atom. The van der Waals surface area contributed by atoms with E-state index < -0.39 is 11.7 Å². The highest BCUT2D eigenvalue weighted by atomic mass is 19.4. The molecule has 2 heterocycles. The number of amides is 1. The predicted octanol–water partition coefficient (Wildman–Crippen LogP) is 4.93. The molecular formula is C21H18F3N3O2. The van der Waals surface area contributed by atoms with Crippen LogP contribution in [0.1, 0.15) is 41.5 Å². The molecule has 1 aromatic heterocycles. The number of aryl methyl sites for hydroxylation is 1. The summed E-state index contributed by atoms with van der Waals surface area (Å²) in [7, 11) is 0. The van der Waals surface area contributed by atoms with Gasteiger partial charge in [-0.15, -0.1) is 0 Å². The van der Waals surface area contributed by atoms with Crippen molar-refractivity contribution in [2.75, 3.05) is 0 Å². The van der Waals surface area contributed by atoms with Gasteiger partial charge >= 0.3 is 6.18 Å². The third-order valence-electron chi connectivity index (χ3n) is 5.00. The molecule has 4 rings (SSSR count). The van der Waals surface area contributed by atoms with Gasteiger partial charge in [0, 0.05) is 18.5 Å². The van der Waals surface area contributed by atoms with Crippen molar-refractivity contribution in [3.8, 4) is 11.4 Å². The van der Waals surface area contributed by atoms with Crippen molar-refractivity contribution in [3.63, 3.8) is 0 Å². The Kier molecular flexibility index (Phi) is 4.86. The quantitative estimate of drug-likeness (QED) is 0.622. The van der Waals surface area contributed by atoms with Crippen LogP contribution in [0.25, 0.3) is 11.4 Å². The Labute approximate surface area is 165 Å². The van der Waals surface area contributed by atoms with Gasteiger partial charge in [0.1, 0.15) is 6.04 Å². The van der Waals surface area contributed by atoms with Gasteiger partial charge in [0.05, 0.1) is 5.56 Å². The molecule has 0 N–H and O–H groups in total. The molecule has 0 spiro atoms. The number of nitrogens with zero attached hydrogens (tertiary/aromatic N) is 3. The number of benzene rings is 2. The first-order valence-electron chi connectivity index (χ1n) is 9.17. The van der Waals surface area contributed by atoms with Gasteiger partial charge in [0.15, 0.2) is 0 Å². The lowest BCUT2D eigenvalue weighted by molar-refractivity contribution is -0.137. The van der Waals surface area contributed by atoms with Gasteiger partial charge in [0.25, 0.3) is 0 Å². The average Bonchev–Trinajstić information content (AvgIpc) is 3.30. The molecule has 29 heavy (non-hydrogen) atoms. The van der Waals surface area contributed by atoms with Gasteiger partial charge in [-0.1, -0.05) is 47.1 Å². The Hall–Kier alpha value is -3.16. The van der Waals surface area contributed by atoms with E-state index in [4.69, 9.17) is 4.52 Å². The van der Waals surface area contributed by atoms with Crippen LogP contribution in [0.4, 0.5) is 13.2 Å². The van der Waals surface area contributed by atoms with E-state index in [1.807, 2.05) is 31.2 Å². The van der Waals surface area contributed by atoms with Gasteiger partial charge < -0.3 is 9.42 Å². The summed E-state index contributed by atoms with van der Waals surface area (Å²) in [5.41, 5.74) is 1.81. The summed E-state index contributed by atoms with van der Waals surface area (Å²) < 4.78 is 43.5. The molecule has 8 heteroatoms. The summed E-state index contributed by atoms with van der Waals surface area (Å²) in [6.45, 7) is 2.43. The van der Waals surface area contributed by atoms with Crippen LogP contribution in [0, 0.1) is 6.92 Å². The van der Waals surface area contributed by atoms with Crippen molar-refractivity contribution in [1.29, 1.82) is 0 Å². The van der Waals surface area contributed by atoms with Crippen molar-refractivity contribution < 1.29 is 22.5 Å². The summed E-state index contributed by atoms with van der Waals surface area (Å²) in [5.74, 6) is 0.492. The number of aromatic nitrogens is 2. The largest absolute Gasteiger partial charge is 0.416 e. The number of carbonyl (C=O) groups is 1. The molecule has 5 nitrogen and oxygen atoms in total. The second-order valence-electron chi connectivity index (χ2n) is 7.09. The molecule has 0 bridgehead atoms.